The monoisotopic (exact) mass is 824 g/mol. The maximum atomic E-state index is 2.66. The number of benzene rings is 7. The quantitative estimate of drug-likeness (QED) is 0.120. The fraction of sp³-hybridized carbons (Fsp3) is 0.161. The van der Waals surface area contributed by atoms with Crippen LogP contribution in [0.4, 0.5) is 0 Å². The topological polar surface area (TPSA) is 0 Å². The van der Waals surface area contributed by atoms with Crippen molar-refractivity contribution < 1.29 is 0 Å². The molecule has 5 aliphatic rings. The largest absolute Gasteiger partial charge is 0.135 e. The zero-order valence-corrected chi connectivity index (χ0v) is 36.2. The van der Waals surface area contributed by atoms with E-state index in [9.17, 15) is 0 Å². The van der Waals surface area contributed by atoms with Crippen LogP contribution in [0.1, 0.15) is 59.6 Å². The summed E-state index contributed by atoms with van der Waals surface area (Å²) in [6.07, 6.45) is 28.0. The Morgan fingerprint density at radius 1 is 0.556 bits per heavy atom. The van der Waals surface area contributed by atoms with Crippen molar-refractivity contribution in [3.05, 3.63) is 233 Å². The van der Waals surface area contributed by atoms with Crippen LogP contribution >= 0.6 is 11.3 Å². The molecule has 5 aliphatic carbocycles. The van der Waals surface area contributed by atoms with Crippen molar-refractivity contribution >= 4 is 71.1 Å². The van der Waals surface area contributed by atoms with Gasteiger partial charge in [-0.2, -0.15) is 0 Å². The lowest BCUT2D eigenvalue weighted by atomic mass is 9.60. The molecule has 8 aromatic rings. The van der Waals surface area contributed by atoms with Crippen LogP contribution in [0.2, 0.25) is 0 Å². The first kappa shape index (κ1) is 37.1. The lowest BCUT2D eigenvalue weighted by Crippen LogP contribution is -2.30. The first-order chi connectivity index (χ1) is 31.2. The van der Waals surface area contributed by atoms with E-state index >= 15 is 0 Å². The molecule has 63 heavy (non-hydrogen) atoms. The number of fused-ring (bicyclic) bond motifs is 7. The van der Waals surface area contributed by atoms with Crippen molar-refractivity contribution in [1.29, 1.82) is 0 Å². The van der Waals surface area contributed by atoms with Gasteiger partial charge in [-0.1, -0.05) is 176 Å². The zero-order valence-electron chi connectivity index (χ0n) is 35.4. The predicted octanol–water partition coefficient (Wildman–Crippen LogP) is 17.1. The van der Waals surface area contributed by atoms with Gasteiger partial charge in [-0.3, -0.25) is 0 Å². The summed E-state index contributed by atoms with van der Waals surface area (Å²) in [6, 6.07) is 55.2. The normalized spacial score (nSPS) is 22.8. The van der Waals surface area contributed by atoms with E-state index in [-0.39, 0.29) is 5.92 Å². The van der Waals surface area contributed by atoms with Gasteiger partial charge in [0.05, 0.1) is 0 Å². The highest BCUT2D eigenvalue weighted by atomic mass is 32.1. The van der Waals surface area contributed by atoms with E-state index in [1.165, 1.54) is 117 Å². The maximum absolute atomic E-state index is 2.66. The van der Waals surface area contributed by atoms with Crippen molar-refractivity contribution in [3.8, 4) is 10.4 Å². The second-order valence-corrected chi connectivity index (χ2v) is 19.6. The van der Waals surface area contributed by atoms with Crippen molar-refractivity contribution in [2.75, 3.05) is 0 Å². The minimum Gasteiger partial charge on any atom is -0.135 e. The Morgan fingerprint density at radius 2 is 1.22 bits per heavy atom. The van der Waals surface area contributed by atoms with Crippen molar-refractivity contribution in [2.24, 2.45) is 23.7 Å². The summed E-state index contributed by atoms with van der Waals surface area (Å²) >= 11 is 1.95. The Morgan fingerprint density at radius 3 is 2.00 bits per heavy atom. The standard InChI is InChI=1S/C62H48S/c1-4-16-42-35-46(28-25-39(42)13-1)59-51-21-9-11-23-53(51)62(54-24-12-10-22-52(54)59)58-34-33-57(63-58)45-31-32-55-56(38-45)61(48-30-27-41-15-3-6-18-44(41)37-48)50-20-8-7-19-49(50)60(55)47-29-26-40-14-2-5-17-43(40)36-47/h1-12,14-15,17-18,20-24,26-27,29-39,42,49,55,60H,13,16,19,25,28H2. The summed E-state index contributed by atoms with van der Waals surface area (Å²) in [7, 11) is 0. The van der Waals surface area contributed by atoms with Crippen LogP contribution in [0.25, 0.3) is 70.2 Å². The third-order valence-corrected chi connectivity index (χ3v) is 16.3. The number of rotatable bonds is 5. The highest BCUT2D eigenvalue weighted by Crippen LogP contribution is 2.56. The summed E-state index contributed by atoms with van der Waals surface area (Å²) in [4.78, 5) is 2.65. The van der Waals surface area contributed by atoms with Gasteiger partial charge in [0.15, 0.2) is 0 Å². The van der Waals surface area contributed by atoms with E-state index in [4.69, 9.17) is 0 Å². The molecule has 1 heterocycles. The molecule has 0 saturated heterocycles. The molecule has 0 bridgehead atoms. The molecule has 0 aliphatic heterocycles. The van der Waals surface area contributed by atoms with Crippen LogP contribution in [-0.2, 0) is 0 Å². The van der Waals surface area contributed by atoms with Crippen LogP contribution in [0.3, 0.4) is 0 Å². The molecular formula is C62H48S. The van der Waals surface area contributed by atoms with Gasteiger partial charge in [0.1, 0.15) is 0 Å². The molecule has 0 fully saturated rings. The average Bonchev–Trinajstić information content (AvgIpc) is 3.84. The molecule has 5 atom stereocenters. The van der Waals surface area contributed by atoms with Gasteiger partial charge in [0.25, 0.3) is 0 Å². The fourth-order valence-corrected chi connectivity index (χ4v) is 13.3. The summed E-state index contributed by atoms with van der Waals surface area (Å²) < 4.78 is 0. The molecule has 7 aromatic carbocycles. The second kappa shape index (κ2) is 15.1. The van der Waals surface area contributed by atoms with Gasteiger partial charge in [-0.15, -0.1) is 11.3 Å². The summed E-state index contributed by atoms with van der Waals surface area (Å²) in [5.74, 6) is 2.39. The van der Waals surface area contributed by atoms with Crippen LogP contribution in [0.5, 0.6) is 0 Å². The van der Waals surface area contributed by atoms with Crippen molar-refractivity contribution in [2.45, 2.75) is 38.0 Å². The summed E-state index contributed by atoms with van der Waals surface area (Å²) in [6.45, 7) is 0. The molecule has 0 nitrogen and oxygen atoms in total. The Kier molecular flexibility index (Phi) is 8.87. The molecular weight excluding hydrogens is 777 g/mol. The third kappa shape index (κ3) is 6.16. The Hall–Kier alpha value is -6.54. The average molecular weight is 825 g/mol. The third-order valence-electron chi connectivity index (χ3n) is 15.2. The molecule has 0 N–H and O–H groups in total. The highest BCUT2D eigenvalue weighted by molar-refractivity contribution is 7.16. The zero-order chi connectivity index (χ0) is 41.4. The van der Waals surface area contributed by atoms with E-state index in [2.05, 4.69) is 200 Å². The number of hydrogen-bond acceptors (Lipinski definition) is 1. The van der Waals surface area contributed by atoms with Crippen molar-refractivity contribution in [3.63, 3.8) is 0 Å². The van der Waals surface area contributed by atoms with Gasteiger partial charge in [0, 0.05) is 27.2 Å². The fourth-order valence-electron chi connectivity index (χ4n) is 12.2. The highest BCUT2D eigenvalue weighted by Gasteiger charge is 2.42. The van der Waals surface area contributed by atoms with Crippen LogP contribution < -0.4 is 0 Å². The number of thiophene rings is 1. The van der Waals surface area contributed by atoms with Gasteiger partial charge < -0.3 is 0 Å². The van der Waals surface area contributed by atoms with E-state index < -0.39 is 0 Å². The number of hydrogen-bond donors (Lipinski definition) is 0. The van der Waals surface area contributed by atoms with E-state index in [0.29, 0.717) is 17.8 Å². The van der Waals surface area contributed by atoms with Crippen molar-refractivity contribution in [1.82, 2.24) is 0 Å². The van der Waals surface area contributed by atoms with Crippen LogP contribution in [0, 0.1) is 23.7 Å². The Balaban J connectivity index is 0.971. The summed E-state index contributed by atoms with van der Waals surface area (Å²) in [5.41, 5.74) is 12.7. The van der Waals surface area contributed by atoms with Gasteiger partial charge in [0.2, 0.25) is 0 Å². The molecule has 5 unspecified atom stereocenters. The Labute approximate surface area is 374 Å². The molecule has 0 amide bonds. The van der Waals surface area contributed by atoms with Crippen LogP contribution in [0.15, 0.2) is 211 Å². The van der Waals surface area contributed by atoms with Gasteiger partial charge >= 0.3 is 0 Å². The molecule has 1 heteroatoms. The minimum atomic E-state index is 0.249. The van der Waals surface area contributed by atoms with E-state index in [1.54, 1.807) is 5.57 Å². The minimum absolute atomic E-state index is 0.249. The van der Waals surface area contributed by atoms with Crippen LogP contribution in [-0.4, -0.2) is 0 Å². The second-order valence-electron chi connectivity index (χ2n) is 18.5. The number of allylic oxidation sites excluding steroid dienone is 14. The van der Waals surface area contributed by atoms with Gasteiger partial charge in [-0.25, -0.2) is 0 Å². The lowest BCUT2D eigenvalue weighted by Gasteiger charge is -2.43. The lowest BCUT2D eigenvalue weighted by molar-refractivity contribution is 0.353. The maximum Gasteiger partial charge on any atom is 0.0361 e. The molecule has 1 aromatic heterocycles. The molecule has 0 radical (unpaired) electrons. The molecule has 302 valence electrons. The Bertz CT molecular complexity index is 3350. The molecule has 0 saturated carbocycles. The molecule has 13 rings (SSSR count). The summed E-state index contributed by atoms with van der Waals surface area (Å²) in [5, 5.41) is 10.7. The first-order valence-corrected chi connectivity index (χ1v) is 23.9. The van der Waals surface area contributed by atoms with E-state index in [0.717, 1.165) is 18.8 Å². The SMILES string of the molecule is C1=CCC2C(=C1)C(c1ccc3ccccc3c1)=C1C=C(c3ccc(-c4c5ccccc5c(C5=CC6CC=CCC6CC5)c5ccccc45)s3)C=CC1C2c1ccc2ccccc2c1. The van der Waals surface area contributed by atoms with Gasteiger partial charge in [-0.05, 0) is 162 Å². The molecule has 0 spiro atoms. The first-order valence-electron chi connectivity index (χ1n) is 23.1. The van der Waals surface area contributed by atoms with E-state index in [1.807, 2.05) is 11.3 Å². The predicted molar refractivity (Wildman–Crippen MR) is 271 cm³/mol. The smallest absolute Gasteiger partial charge is 0.0361 e.